The van der Waals surface area contributed by atoms with E-state index in [4.69, 9.17) is 4.74 Å². The monoisotopic (exact) mass is 254 g/mol. The standard InChI is InChI=1S/C13H22N2O3/c1-10(18-2)9-15-8-5-11(16)14-13(12(15)17)6-3-4-7-13/h10H,3-9H2,1-2H3,(H,14,16). The number of nitrogens with one attached hydrogen (secondary N) is 1. The van der Waals surface area contributed by atoms with Crippen molar-refractivity contribution in [3.63, 3.8) is 0 Å². The third-order valence-electron chi connectivity index (χ3n) is 4.02. The largest absolute Gasteiger partial charge is 0.380 e. The SMILES string of the molecule is COC(C)CN1CCC(=O)NC2(CCCC2)C1=O. The van der Waals surface area contributed by atoms with E-state index in [0.717, 1.165) is 25.7 Å². The normalized spacial score (nSPS) is 25.1. The van der Waals surface area contributed by atoms with E-state index in [2.05, 4.69) is 5.32 Å². The van der Waals surface area contributed by atoms with E-state index < -0.39 is 5.54 Å². The van der Waals surface area contributed by atoms with Crippen molar-refractivity contribution in [1.82, 2.24) is 10.2 Å². The van der Waals surface area contributed by atoms with Gasteiger partial charge in [0, 0.05) is 26.6 Å². The lowest BCUT2D eigenvalue weighted by atomic mass is 9.96. The molecule has 1 saturated heterocycles. The van der Waals surface area contributed by atoms with Gasteiger partial charge >= 0.3 is 0 Å². The van der Waals surface area contributed by atoms with Crippen LogP contribution in [0, 0.1) is 0 Å². The molecule has 1 atom stereocenters. The molecule has 1 aliphatic carbocycles. The van der Waals surface area contributed by atoms with E-state index in [1.165, 1.54) is 0 Å². The van der Waals surface area contributed by atoms with Gasteiger partial charge in [0.05, 0.1) is 6.10 Å². The molecule has 2 aliphatic rings. The van der Waals surface area contributed by atoms with Crippen molar-refractivity contribution in [2.75, 3.05) is 20.2 Å². The maximum Gasteiger partial charge on any atom is 0.248 e. The predicted octanol–water partition coefficient (Wildman–Crippen LogP) is 0.683. The molecule has 1 unspecified atom stereocenters. The predicted molar refractivity (Wildman–Crippen MR) is 67.0 cm³/mol. The third-order valence-corrected chi connectivity index (χ3v) is 4.02. The second-order valence-corrected chi connectivity index (χ2v) is 5.38. The van der Waals surface area contributed by atoms with E-state index in [0.29, 0.717) is 19.5 Å². The lowest BCUT2D eigenvalue weighted by Crippen LogP contribution is -2.56. The molecule has 0 bridgehead atoms. The Balaban J connectivity index is 2.15. The van der Waals surface area contributed by atoms with Gasteiger partial charge < -0.3 is 15.0 Å². The number of hydrogen-bond acceptors (Lipinski definition) is 3. The van der Waals surface area contributed by atoms with Crippen LogP contribution >= 0.6 is 0 Å². The molecular weight excluding hydrogens is 232 g/mol. The molecule has 0 radical (unpaired) electrons. The number of amides is 2. The zero-order chi connectivity index (χ0) is 13.2. The van der Waals surface area contributed by atoms with Crippen LogP contribution in [-0.4, -0.2) is 48.6 Å². The number of rotatable bonds is 3. The molecule has 0 aromatic carbocycles. The Kier molecular flexibility index (Phi) is 3.90. The van der Waals surface area contributed by atoms with E-state index >= 15 is 0 Å². The molecule has 18 heavy (non-hydrogen) atoms. The Hall–Kier alpha value is -1.10. The van der Waals surface area contributed by atoms with Gasteiger partial charge in [-0.15, -0.1) is 0 Å². The van der Waals surface area contributed by atoms with Gasteiger partial charge in [0.25, 0.3) is 0 Å². The topological polar surface area (TPSA) is 58.6 Å². The van der Waals surface area contributed by atoms with Crippen LogP contribution in [0.3, 0.4) is 0 Å². The first-order valence-corrected chi connectivity index (χ1v) is 6.70. The van der Waals surface area contributed by atoms with Crippen LogP contribution in [-0.2, 0) is 14.3 Å². The average molecular weight is 254 g/mol. The van der Waals surface area contributed by atoms with Crippen molar-refractivity contribution in [3.05, 3.63) is 0 Å². The van der Waals surface area contributed by atoms with Crippen molar-refractivity contribution in [2.45, 2.75) is 50.7 Å². The zero-order valence-electron chi connectivity index (χ0n) is 11.2. The van der Waals surface area contributed by atoms with Crippen molar-refractivity contribution >= 4 is 11.8 Å². The molecular formula is C13H22N2O3. The second-order valence-electron chi connectivity index (χ2n) is 5.38. The van der Waals surface area contributed by atoms with E-state index in [1.807, 2.05) is 6.92 Å². The number of methoxy groups -OCH3 is 1. The highest BCUT2D eigenvalue weighted by Gasteiger charge is 2.46. The van der Waals surface area contributed by atoms with Crippen molar-refractivity contribution in [3.8, 4) is 0 Å². The maximum absolute atomic E-state index is 12.6. The number of carbonyl (C=O) groups excluding carboxylic acids is 2. The van der Waals surface area contributed by atoms with Crippen molar-refractivity contribution < 1.29 is 14.3 Å². The minimum Gasteiger partial charge on any atom is -0.380 e. The summed E-state index contributed by atoms with van der Waals surface area (Å²) >= 11 is 0. The first-order chi connectivity index (χ1) is 8.57. The summed E-state index contributed by atoms with van der Waals surface area (Å²) in [5.74, 6) is 0.0765. The molecule has 5 nitrogen and oxygen atoms in total. The Morgan fingerprint density at radius 1 is 1.39 bits per heavy atom. The number of carbonyl (C=O) groups is 2. The summed E-state index contributed by atoms with van der Waals surface area (Å²) < 4.78 is 5.22. The molecule has 1 saturated carbocycles. The quantitative estimate of drug-likeness (QED) is 0.806. The smallest absolute Gasteiger partial charge is 0.248 e. The maximum atomic E-state index is 12.6. The fraction of sp³-hybridized carbons (Fsp3) is 0.846. The first kappa shape index (κ1) is 13.3. The minimum atomic E-state index is -0.624. The highest BCUT2D eigenvalue weighted by Crippen LogP contribution is 2.33. The minimum absolute atomic E-state index is 0.000560. The van der Waals surface area contributed by atoms with Crippen molar-refractivity contribution in [2.24, 2.45) is 0 Å². The molecule has 1 aliphatic heterocycles. The van der Waals surface area contributed by atoms with Crippen LogP contribution in [0.1, 0.15) is 39.0 Å². The summed E-state index contributed by atoms with van der Waals surface area (Å²) in [7, 11) is 1.64. The molecule has 5 heteroatoms. The van der Waals surface area contributed by atoms with Crippen LogP contribution in [0.25, 0.3) is 0 Å². The van der Waals surface area contributed by atoms with E-state index in [9.17, 15) is 9.59 Å². The van der Waals surface area contributed by atoms with Crippen LogP contribution in [0.4, 0.5) is 0 Å². The molecule has 2 rings (SSSR count). The van der Waals surface area contributed by atoms with Crippen LogP contribution in [0.2, 0.25) is 0 Å². The van der Waals surface area contributed by atoms with Gasteiger partial charge in [-0.05, 0) is 19.8 Å². The average Bonchev–Trinajstić information content (AvgIpc) is 2.78. The fourth-order valence-corrected chi connectivity index (χ4v) is 2.90. The van der Waals surface area contributed by atoms with Gasteiger partial charge in [0.2, 0.25) is 11.8 Å². The Labute approximate surface area is 108 Å². The van der Waals surface area contributed by atoms with E-state index in [-0.39, 0.29) is 17.9 Å². The molecule has 2 fully saturated rings. The third kappa shape index (κ3) is 2.51. The number of ether oxygens (including phenoxy) is 1. The van der Waals surface area contributed by atoms with Gasteiger partial charge in [0.1, 0.15) is 5.54 Å². The highest BCUT2D eigenvalue weighted by molar-refractivity contribution is 5.93. The summed E-state index contributed by atoms with van der Waals surface area (Å²) in [6.45, 7) is 3.00. The van der Waals surface area contributed by atoms with Gasteiger partial charge in [0.15, 0.2) is 0 Å². The van der Waals surface area contributed by atoms with Crippen molar-refractivity contribution in [1.29, 1.82) is 0 Å². The fourth-order valence-electron chi connectivity index (χ4n) is 2.90. The number of hydrogen-bond donors (Lipinski definition) is 1. The summed E-state index contributed by atoms with van der Waals surface area (Å²) in [4.78, 5) is 26.2. The lowest BCUT2D eigenvalue weighted by Gasteiger charge is -2.32. The van der Waals surface area contributed by atoms with Crippen LogP contribution in [0.5, 0.6) is 0 Å². The Bertz CT molecular complexity index is 337. The molecule has 1 heterocycles. The van der Waals surface area contributed by atoms with Gasteiger partial charge in [-0.1, -0.05) is 12.8 Å². The Morgan fingerprint density at radius 3 is 2.67 bits per heavy atom. The molecule has 1 spiro atoms. The molecule has 2 amide bonds. The van der Waals surface area contributed by atoms with Crippen LogP contribution in [0.15, 0.2) is 0 Å². The molecule has 0 aromatic heterocycles. The van der Waals surface area contributed by atoms with Gasteiger partial charge in [-0.2, -0.15) is 0 Å². The second kappa shape index (κ2) is 5.26. The van der Waals surface area contributed by atoms with Gasteiger partial charge in [-0.25, -0.2) is 0 Å². The summed E-state index contributed by atoms with van der Waals surface area (Å²) in [5, 5.41) is 2.95. The lowest BCUT2D eigenvalue weighted by molar-refractivity contribution is -0.139. The summed E-state index contributed by atoms with van der Waals surface area (Å²) in [6, 6.07) is 0. The Morgan fingerprint density at radius 2 is 2.06 bits per heavy atom. The van der Waals surface area contributed by atoms with Crippen LogP contribution < -0.4 is 5.32 Å². The summed E-state index contributed by atoms with van der Waals surface area (Å²) in [5.41, 5.74) is -0.624. The van der Waals surface area contributed by atoms with E-state index in [1.54, 1.807) is 12.0 Å². The van der Waals surface area contributed by atoms with Gasteiger partial charge in [-0.3, -0.25) is 9.59 Å². The summed E-state index contributed by atoms with van der Waals surface area (Å²) in [6.07, 6.45) is 3.97. The zero-order valence-corrected chi connectivity index (χ0v) is 11.2. The molecule has 0 aromatic rings. The molecule has 102 valence electrons. The highest BCUT2D eigenvalue weighted by atomic mass is 16.5. The number of nitrogens with zero attached hydrogens (tertiary/aromatic N) is 1. The molecule has 1 N–H and O–H groups in total. The first-order valence-electron chi connectivity index (χ1n) is 6.70.